The van der Waals surface area contributed by atoms with Gasteiger partial charge in [-0.3, -0.25) is 0 Å². The van der Waals surface area contributed by atoms with Gasteiger partial charge in [0, 0.05) is 14.7 Å². The molecule has 0 rings (SSSR count). The zero-order valence-electron chi connectivity index (χ0n) is 10.1. The minimum Gasteiger partial charge on any atom is -0.799 e. The Morgan fingerprint density at radius 2 is 0.867 bits per heavy atom. The summed E-state index contributed by atoms with van der Waals surface area (Å²) >= 11 is 0. The third-order valence-electron chi connectivity index (χ3n) is 1.93. The Balaban J connectivity index is -0.000000180. The molecule has 0 unspecified atom stereocenters. The Morgan fingerprint density at radius 1 is 0.733 bits per heavy atom. The largest absolute Gasteiger partial charge is 2.00 e. The summed E-state index contributed by atoms with van der Waals surface area (Å²) in [5.41, 5.74) is 0. The molecule has 0 amide bonds. The van der Waals surface area contributed by atoms with E-state index in [1.807, 2.05) is 0 Å². The van der Waals surface area contributed by atoms with Crippen molar-refractivity contribution in [2.24, 2.45) is 0 Å². The summed E-state index contributed by atoms with van der Waals surface area (Å²) in [6.07, 6.45) is 1.18. The Bertz CT molecular complexity index is 193. The third-order valence-corrected chi connectivity index (χ3v) is 5.78. The molecule has 0 aromatic heterocycles. The average molecular weight is 308 g/mol. The first-order valence-electron chi connectivity index (χ1n) is 4.82. The summed E-state index contributed by atoms with van der Waals surface area (Å²) in [4.78, 5) is 20.8. The standard InChI is InChI=1S/2C4H11O2P.Zn/c2*1-3-7(5,6)4-2;/h2*3-4H2,1-2H3,(H,5,6);/q;;+2/p-2. The molecule has 0 N–H and O–H groups in total. The molecule has 0 heterocycles. The van der Waals surface area contributed by atoms with E-state index in [0.717, 1.165) is 0 Å². The van der Waals surface area contributed by atoms with E-state index in [9.17, 15) is 18.9 Å². The summed E-state index contributed by atoms with van der Waals surface area (Å²) in [5.74, 6) is 0. The van der Waals surface area contributed by atoms with E-state index in [1.165, 1.54) is 0 Å². The molecule has 0 aliphatic carbocycles. The summed E-state index contributed by atoms with van der Waals surface area (Å²) in [6.45, 7) is 6.66. The molecule has 15 heavy (non-hydrogen) atoms. The van der Waals surface area contributed by atoms with Crippen LogP contribution in [-0.2, 0) is 28.6 Å². The smallest absolute Gasteiger partial charge is 0.799 e. The van der Waals surface area contributed by atoms with Crippen LogP contribution in [0.4, 0.5) is 0 Å². The van der Waals surface area contributed by atoms with Crippen LogP contribution in [0.25, 0.3) is 0 Å². The van der Waals surface area contributed by atoms with Gasteiger partial charge in [0.25, 0.3) is 0 Å². The molecule has 0 aliphatic heterocycles. The van der Waals surface area contributed by atoms with Crippen LogP contribution in [0.3, 0.4) is 0 Å². The SMILES string of the molecule is CCP(=O)([O-])CC.CCP(=O)([O-])CC.[Zn+2]. The van der Waals surface area contributed by atoms with E-state index in [4.69, 9.17) is 0 Å². The predicted octanol–water partition coefficient (Wildman–Crippen LogP) is 1.33. The maximum Gasteiger partial charge on any atom is 2.00 e. The molecule has 0 saturated carbocycles. The summed E-state index contributed by atoms with van der Waals surface area (Å²) < 4.78 is 20.8. The van der Waals surface area contributed by atoms with Crippen molar-refractivity contribution in [3.8, 4) is 0 Å². The maximum atomic E-state index is 10.4. The van der Waals surface area contributed by atoms with E-state index >= 15 is 0 Å². The molecule has 0 aromatic carbocycles. The Kier molecular flexibility index (Phi) is 14.5. The predicted molar refractivity (Wildman–Crippen MR) is 57.4 cm³/mol. The molecule has 0 radical (unpaired) electrons. The maximum absolute atomic E-state index is 10.4. The Morgan fingerprint density at radius 3 is 0.867 bits per heavy atom. The van der Waals surface area contributed by atoms with Crippen molar-refractivity contribution in [1.82, 2.24) is 0 Å². The van der Waals surface area contributed by atoms with Crippen molar-refractivity contribution >= 4 is 14.7 Å². The number of rotatable bonds is 4. The topological polar surface area (TPSA) is 80.3 Å². The van der Waals surface area contributed by atoms with E-state index in [1.54, 1.807) is 27.7 Å². The molecule has 88 valence electrons. The molecule has 0 bridgehead atoms. The molecule has 0 fully saturated rings. The summed E-state index contributed by atoms with van der Waals surface area (Å²) in [5, 5.41) is 0. The monoisotopic (exact) mass is 306 g/mol. The second-order valence-corrected chi connectivity index (χ2v) is 8.68. The van der Waals surface area contributed by atoms with Crippen LogP contribution < -0.4 is 9.79 Å². The fourth-order valence-corrected chi connectivity index (χ4v) is 1.34. The van der Waals surface area contributed by atoms with Crippen LogP contribution in [-0.4, -0.2) is 24.6 Å². The number of hydrogen-bond donors (Lipinski definition) is 0. The average Bonchev–Trinajstić information content (AvgIpc) is 2.19. The van der Waals surface area contributed by atoms with Gasteiger partial charge in [-0.15, -0.1) is 0 Å². The van der Waals surface area contributed by atoms with Crippen LogP contribution in [0.15, 0.2) is 0 Å². The Labute approximate surface area is 106 Å². The molecule has 0 spiro atoms. The molecular formula is C8H20O4P2Zn. The van der Waals surface area contributed by atoms with Gasteiger partial charge in [-0.1, -0.05) is 27.7 Å². The summed E-state index contributed by atoms with van der Waals surface area (Å²) in [6, 6.07) is 0. The van der Waals surface area contributed by atoms with Crippen molar-refractivity contribution in [2.75, 3.05) is 24.6 Å². The fraction of sp³-hybridized carbons (Fsp3) is 1.00. The van der Waals surface area contributed by atoms with Crippen LogP contribution in [0, 0.1) is 0 Å². The molecule has 7 heteroatoms. The third kappa shape index (κ3) is 15.0. The Hall–Kier alpha value is 1.00. The normalized spacial score (nSPS) is 11.1. The van der Waals surface area contributed by atoms with Crippen molar-refractivity contribution in [2.45, 2.75) is 27.7 Å². The van der Waals surface area contributed by atoms with Gasteiger partial charge in [-0.25, -0.2) is 0 Å². The van der Waals surface area contributed by atoms with Gasteiger partial charge in [0.2, 0.25) is 0 Å². The second kappa shape index (κ2) is 10.2. The zero-order valence-corrected chi connectivity index (χ0v) is 14.8. The van der Waals surface area contributed by atoms with Gasteiger partial charge in [0.1, 0.15) is 0 Å². The van der Waals surface area contributed by atoms with Gasteiger partial charge in [0.15, 0.2) is 0 Å². The van der Waals surface area contributed by atoms with Crippen LogP contribution in [0.1, 0.15) is 27.7 Å². The molecule has 0 aromatic rings. The van der Waals surface area contributed by atoms with Gasteiger partial charge >= 0.3 is 19.5 Å². The first-order valence-corrected chi connectivity index (χ1v) is 8.81. The first-order chi connectivity index (χ1) is 6.24. The van der Waals surface area contributed by atoms with Crippen molar-refractivity contribution in [3.05, 3.63) is 0 Å². The molecule has 0 saturated heterocycles. The number of hydrogen-bond acceptors (Lipinski definition) is 4. The summed E-state index contributed by atoms with van der Waals surface area (Å²) in [7, 11) is -5.81. The van der Waals surface area contributed by atoms with E-state index in [-0.39, 0.29) is 19.5 Å². The second-order valence-electron chi connectivity index (χ2n) is 2.89. The van der Waals surface area contributed by atoms with Crippen molar-refractivity contribution in [1.29, 1.82) is 0 Å². The van der Waals surface area contributed by atoms with E-state index in [2.05, 4.69) is 0 Å². The fourth-order valence-electron chi connectivity index (χ4n) is 0.447. The van der Waals surface area contributed by atoms with Crippen LogP contribution >= 0.6 is 14.7 Å². The molecule has 0 aliphatic rings. The molecule has 0 atom stereocenters. The van der Waals surface area contributed by atoms with Crippen LogP contribution in [0.2, 0.25) is 0 Å². The minimum atomic E-state index is -2.90. The van der Waals surface area contributed by atoms with Gasteiger partial charge in [-0.05, 0) is 24.6 Å². The van der Waals surface area contributed by atoms with Gasteiger partial charge in [-0.2, -0.15) is 0 Å². The zero-order chi connectivity index (χ0) is 11.8. The minimum absolute atomic E-state index is 0. The molecule has 4 nitrogen and oxygen atoms in total. The quantitative estimate of drug-likeness (QED) is 0.579. The van der Waals surface area contributed by atoms with Crippen molar-refractivity contribution in [3.63, 3.8) is 0 Å². The first kappa shape index (κ1) is 21.3. The van der Waals surface area contributed by atoms with Crippen molar-refractivity contribution < 1.29 is 38.4 Å². The van der Waals surface area contributed by atoms with E-state index in [0.29, 0.717) is 24.6 Å². The van der Waals surface area contributed by atoms with E-state index < -0.39 is 14.7 Å². The molecular weight excluding hydrogens is 287 g/mol. The van der Waals surface area contributed by atoms with Crippen LogP contribution in [0.5, 0.6) is 0 Å². The van der Waals surface area contributed by atoms with Gasteiger partial charge in [0.05, 0.1) is 0 Å². The van der Waals surface area contributed by atoms with Gasteiger partial charge < -0.3 is 18.9 Å².